The SMILES string of the molecule is Cl.OCC[C@H](c1c(F)cc(C(F)(F)F)cc1C(F)(F)F)N1CCNCC1. The van der Waals surface area contributed by atoms with Crippen LogP contribution in [0, 0.1) is 5.82 Å². The number of nitrogens with one attached hydrogen (secondary N) is 1. The summed E-state index contributed by atoms with van der Waals surface area (Å²) in [5.74, 6) is -1.57. The van der Waals surface area contributed by atoms with Crippen LogP contribution in [0.1, 0.15) is 29.2 Å². The molecule has 2 N–H and O–H groups in total. The lowest BCUT2D eigenvalue weighted by Gasteiger charge is -2.36. The predicted octanol–water partition coefficient (Wildman–Crippen LogP) is 3.61. The van der Waals surface area contributed by atoms with E-state index < -0.39 is 47.5 Å². The Balaban J connectivity index is 0.00000338. The van der Waals surface area contributed by atoms with Gasteiger partial charge in [-0.25, -0.2) is 4.39 Å². The topological polar surface area (TPSA) is 35.5 Å². The average Bonchev–Trinajstić information content (AvgIpc) is 2.51. The van der Waals surface area contributed by atoms with Gasteiger partial charge in [-0.1, -0.05) is 0 Å². The first-order valence-electron chi connectivity index (χ1n) is 7.59. The largest absolute Gasteiger partial charge is 0.416 e. The highest BCUT2D eigenvalue weighted by molar-refractivity contribution is 5.85. The molecule has 1 aromatic rings. The Kier molecular flexibility index (Phi) is 7.70. The molecule has 3 nitrogen and oxygen atoms in total. The summed E-state index contributed by atoms with van der Waals surface area (Å²) in [6.45, 7) is 0.967. The molecular weight excluding hydrogens is 393 g/mol. The van der Waals surface area contributed by atoms with Gasteiger partial charge in [-0.2, -0.15) is 26.3 Å². The van der Waals surface area contributed by atoms with Gasteiger partial charge in [0.15, 0.2) is 0 Å². The molecule has 0 aliphatic carbocycles. The summed E-state index contributed by atoms with van der Waals surface area (Å²) < 4.78 is 92.7. The molecule has 0 saturated carbocycles. The summed E-state index contributed by atoms with van der Waals surface area (Å²) in [7, 11) is 0. The zero-order valence-corrected chi connectivity index (χ0v) is 14.2. The monoisotopic (exact) mass is 410 g/mol. The fraction of sp³-hybridized carbons (Fsp3) is 0.600. The first-order chi connectivity index (χ1) is 11.6. The second kappa shape index (κ2) is 8.73. The van der Waals surface area contributed by atoms with Crippen molar-refractivity contribution in [3.05, 3.63) is 34.6 Å². The van der Waals surface area contributed by atoms with Gasteiger partial charge in [-0.3, -0.25) is 4.90 Å². The summed E-state index contributed by atoms with van der Waals surface area (Å²) in [6.07, 6.45) is -10.5. The standard InChI is InChI=1S/C15H17F7N2O.ClH/c16-11-8-9(14(17,18)19)7-10(15(20,21)22)13(11)12(1-6-25)24-4-2-23-3-5-24;/h7-8,12,23,25H,1-6H2;1H/t12-;/m1./s1. The quantitative estimate of drug-likeness (QED) is 0.744. The van der Waals surface area contributed by atoms with Gasteiger partial charge >= 0.3 is 12.4 Å². The number of piperazine rings is 1. The van der Waals surface area contributed by atoms with E-state index in [-0.39, 0.29) is 31.0 Å². The van der Waals surface area contributed by atoms with Gasteiger partial charge in [0, 0.05) is 44.4 Å². The number of nitrogens with zero attached hydrogens (tertiary/aromatic N) is 1. The van der Waals surface area contributed by atoms with Gasteiger partial charge in [0.1, 0.15) is 5.82 Å². The minimum absolute atomic E-state index is 0. The number of aliphatic hydroxyl groups is 1. The van der Waals surface area contributed by atoms with Crippen LogP contribution in [-0.2, 0) is 12.4 Å². The molecular formula is C15H18ClF7N2O. The van der Waals surface area contributed by atoms with Gasteiger partial charge in [0.25, 0.3) is 0 Å². The van der Waals surface area contributed by atoms with E-state index >= 15 is 0 Å². The lowest BCUT2D eigenvalue weighted by atomic mass is 9.93. The van der Waals surface area contributed by atoms with Gasteiger partial charge < -0.3 is 10.4 Å². The highest BCUT2D eigenvalue weighted by Crippen LogP contribution is 2.42. The summed E-state index contributed by atoms with van der Waals surface area (Å²) in [6, 6.07) is -1.15. The minimum atomic E-state index is -5.15. The minimum Gasteiger partial charge on any atom is -0.396 e. The molecule has 1 aromatic carbocycles. The van der Waals surface area contributed by atoms with E-state index in [0.717, 1.165) is 0 Å². The van der Waals surface area contributed by atoms with Crippen molar-refractivity contribution in [2.45, 2.75) is 24.8 Å². The van der Waals surface area contributed by atoms with Crippen LogP contribution < -0.4 is 5.32 Å². The molecule has 1 atom stereocenters. The van der Waals surface area contributed by atoms with Crippen LogP contribution in [0.25, 0.3) is 0 Å². The van der Waals surface area contributed by atoms with Crippen LogP contribution >= 0.6 is 12.4 Å². The van der Waals surface area contributed by atoms with Crippen molar-refractivity contribution < 1.29 is 35.8 Å². The van der Waals surface area contributed by atoms with E-state index in [0.29, 0.717) is 26.2 Å². The molecule has 0 radical (unpaired) electrons. The zero-order chi connectivity index (χ0) is 18.8. The Morgan fingerprint density at radius 2 is 1.62 bits per heavy atom. The number of benzene rings is 1. The first-order valence-corrected chi connectivity index (χ1v) is 7.59. The Morgan fingerprint density at radius 3 is 2.08 bits per heavy atom. The third kappa shape index (κ3) is 5.21. The molecule has 0 amide bonds. The molecule has 1 saturated heterocycles. The molecule has 26 heavy (non-hydrogen) atoms. The zero-order valence-electron chi connectivity index (χ0n) is 13.4. The molecule has 0 unspecified atom stereocenters. The molecule has 150 valence electrons. The maximum Gasteiger partial charge on any atom is 0.416 e. The Hall–Kier alpha value is -1.10. The van der Waals surface area contributed by atoms with Crippen LogP contribution in [0.3, 0.4) is 0 Å². The predicted molar refractivity (Wildman–Crippen MR) is 82.5 cm³/mol. The number of hydrogen-bond donors (Lipinski definition) is 2. The number of hydrogen-bond acceptors (Lipinski definition) is 3. The summed E-state index contributed by atoms with van der Waals surface area (Å²) >= 11 is 0. The Bertz CT molecular complexity index is 601. The van der Waals surface area contributed by atoms with Crippen molar-refractivity contribution in [3.8, 4) is 0 Å². The van der Waals surface area contributed by atoms with Crippen LogP contribution in [0.4, 0.5) is 30.7 Å². The second-order valence-electron chi connectivity index (χ2n) is 5.73. The molecule has 11 heteroatoms. The summed E-state index contributed by atoms with van der Waals surface area (Å²) in [5.41, 5.74) is -4.20. The van der Waals surface area contributed by atoms with Crippen molar-refractivity contribution in [1.29, 1.82) is 0 Å². The average molecular weight is 411 g/mol. The fourth-order valence-corrected chi connectivity index (χ4v) is 2.98. The van der Waals surface area contributed by atoms with E-state index in [2.05, 4.69) is 5.32 Å². The third-order valence-corrected chi connectivity index (χ3v) is 4.09. The molecule has 1 fully saturated rings. The normalized spacial score (nSPS) is 17.7. The van der Waals surface area contributed by atoms with Crippen molar-refractivity contribution in [1.82, 2.24) is 10.2 Å². The smallest absolute Gasteiger partial charge is 0.396 e. The van der Waals surface area contributed by atoms with E-state index in [1.165, 1.54) is 4.90 Å². The number of alkyl halides is 6. The van der Waals surface area contributed by atoms with Gasteiger partial charge in [0.2, 0.25) is 0 Å². The fourth-order valence-electron chi connectivity index (χ4n) is 2.98. The Morgan fingerprint density at radius 1 is 1.04 bits per heavy atom. The Labute approximate surface area is 151 Å². The molecule has 1 aliphatic heterocycles. The first kappa shape index (κ1) is 22.9. The highest BCUT2D eigenvalue weighted by Gasteiger charge is 2.42. The van der Waals surface area contributed by atoms with Gasteiger partial charge in [-0.15, -0.1) is 12.4 Å². The highest BCUT2D eigenvalue weighted by atomic mass is 35.5. The molecule has 1 aliphatic rings. The molecule has 2 rings (SSSR count). The lowest BCUT2D eigenvalue weighted by Crippen LogP contribution is -2.46. The molecule has 0 bridgehead atoms. The van der Waals surface area contributed by atoms with Crippen LogP contribution in [0.15, 0.2) is 12.1 Å². The van der Waals surface area contributed by atoms with Crippen molar-refractivity contribution in [2.24, 2.45) is 0 Å². The van der Waals surface area contributed by atoms with E-state index in [4.69, 9.17) is 0 Å². The van der Waals surface area contributed by atoms with Gasteiger partial charge in [-0.05, 0) is 18.6 Å². The summed E-state index contributed by atoms with van der Waals surface area (Å²) in [4.78, 5) is 1.54. The van der Waals surface area contributed by atoms with Crippen LogP contribution in [0.2, 0.25) is 0 Å². The van der Waals surface area contributed by atoms with Crippen molar-refractivity contribution >= 4 is 12.4 Å². The molecule has 0 spiro atoms. The van der Waals surface area contributed by atoms with Gasteiger partial charge in [0.05, 0.1) is 11.1 Å². The summed E-state index contributed by atoms with van der Waals surface area (Å²) in [5, 5.41) is 12.2. The molecule has 0 aromatic heterocycles. The maximum atomic E-state index is 14.4. The second-order valence-corrected chi connectivity index (χ2v) is 5.73. The van der Waals surface area contributed by atoms with Crippen molar-refractivity contribution in [3.63, 3.8) is 0 Å². The maximum absolute atomic E-state index is 14.4. The van der Waals surface area contributed by atoms with E-state index in [1.807, 2.05) is 0 Å². The van der Waals surface area contributed by atoms with Crippen molar-refractivity contribution in [2.75, 3.05) is 32.8 Å². The number of aliphatic hydroxyl groups excluding tert-OH is 1. The number of rotatable bonds is 4. The lowest BCUT2D eigenvalue weighted by molar-refractivity contribution is -0.144. The third-order valence-electron chi connectivity index (χ3n) is 4.09. The van der Waals surface area contributed by atoms with Crippen LogP contribution in [0.5, 0.6) is 0 Å². The molecule has 1 heterocycles. The number of halogens is 8. The van der Waals surface area contributed by atoms with E-state index in [9.17, 15) is 35.8 Å². The van der Waals surface area contributed by atoms with E-state index in [1.54, 1.807) is 0 Å². The van der Waals surface area contributed by atoms with Crippen LogP contribution in [-0.4, -0.2) is 42.8 Å².